The van der Waals surface area contributed by atoms with E-state index in [1.165, 1.54) is 6.07 Å². The summed E-state index contributed by atoms with van der Waals surface area (Å²) in [5.41, 5.74) is 0.977. The SMILES string of the molecule is CC(CCNC(=O)C1CCOCC1)c1cccc(F)c1. The predicted octanol–water partition coefficient (Wildman–Crippen LogP) is 2.86. The average molecular weight is 279 g/mol. The number of benzene rings is 1. The summed E-state index contributed by atoms with van der Waals surface area (Å²) in [6, 6.07) is 6.66. The van der Waals surface area contributed by atoms with E-state index >= 15 is 0 Å². The molecule has 3 nitrogen and oxygen atoms in total. The van der Waals surface area contributed by atoms with Crippen LogP contribution in [0.15, 0.2) is 24.3 Å². The molecule has 1 N–H and O–H groups in total. The number of carbonyl (C=O) groups is 1. The fourth-order valence-corrected chi connectivity index (χ4v) is 2.50. The van der Waals surface area contributed by atoms with E-state index in [1.54, 1.807) is 12.1 Å². The molecule has 1 unspecified atom stereocenters. The second-order valence-electron chi connectivity index (χ2n) is 5.42. The molecule has 2 rings (SSSR count). The monoisotopic (exact) mass is 279 g/mol. The Kier molecular flexibility index (Phi) is 5.53. The van der Waals surface area contributed by atoms with Crippen LogP contribution < -0.4 is 5.32 Å². The minimum absolute atomic E-state index is 0.0909. The molecule has 1 aliphatic heterocycles. The van der Waals surface area contributed by atoms with Crippen LogP contribution in [0.4, 0.5) is 4.39 Å². The Hall–Kier alpha value is -1.42. The molecule has 1 aromatic rings. The van der Waals surface area contributed by atoms with E-state index in [4.69, 9.17) is 4.74 Å². The first-order valence-electron chi connectivity index (χ1n) is 7.27. The molecule has 0 spiro atoms. The maximum absolute atomic E-state index is 13.1. The molecule has 1 aromatic carbocycles. The third-order valence-electron chi connectivity index (χ3n) is 3.89. The van der Waals surface area contributed by atoms with Crippen LogP contribution in [-0.4, -0.2) is 25.7 Å². The van der Waals surface area contributed by atoms with Crippen LogP contribution in [-0.2, 0) is 9.53 Å². The Bertz CT molecular complexity index is 444. The van der Waals surface area contributed by atoms with E-state index < -0.39 is 0 Å². The number of halogens is 1. The summed E-state index contributed by atoms with van der Waals surface area (Å²) >= 11 is 0. The molecule has 0 bridgehead atoms. The zero-order valence-corrected chi connectivity index (χ0v) is 11.9. The highest BCUT2D eigenvalue weighted by molar-refractivity contribution is 5.78. The maximum Gasteiger partial charge on any atom is 0.223 e. The molecule has 1 amide bonds. The normalized spacial score (nSPS) is 17.7. The van der Waals surface area contributed by atoms with Gasteiger partial charge in [0.05, 0.1) is 0 Å². The molecule has 20 heavy (non-hydrogen) atoms. The molecular formula is C16H22FNO2. The first kappa shape index (κ1) is 15.0. The zero-order valence-electron chi connectivity index (χ0n) is 11.9. The summed E-state index contributed by atoms with van der Waals surface area (Å²) in [7, 11) is 0. The summed E-state index contributed by atoms with van der Waals surface area (Å²) in [5, 5.41) is 2.98. The molecule has 0 radical (unpaired) electrons. The molecular weight excluding hydrogens is 257 g/mol. The number of nitrogens with one attached hydrogen (secondary N) is 1. The van der Waals surface area contributed by atoms with E-state index in [0.29, 0.717) is 19.8 Å². The smallest absolute Gasteiger partial charge is 0.223 e. The fraction of sp³-hybridized carbons (Fsp3) is 0.562. The predicted molar refractivity (Wildman–Crippen MR) is 76.0 cm³/mol. The lowest BCUT2D eigenvalue weighted by Gasteiger charge is -2.21. The van der Waals surface area contributed by atoms with Crippen molar-refractivity contribution in [2.45, 2.75) is 32.1 Å². The van der Waals surface area contributed by atoms with E-state index in [2.05, 4.69) is 12.2 Å². The van der Waals surface area contributed by atoms with Crippen LogP contribution in [0.1, 0.15) is 37.7 Å². The summed E-state index contributed by atoms with van der Waals surface area (Å²) in [5.74, 6) is 0.245. The third-order valence-corrected chi connectivity index (χ3v) is 3.89. The Labute approximate surface area is 119 Å². The summed E-state index contributed by atoms with van der Waals surface area (Å²) in [6.07, 6.45) is 2.44. The van der Waals surface area contributed by atoms with Gasteiger partial charge < -0.3 is 10.1 Å². The lowest BCUT2D eigenvalue weighted by molar-refractivity contribution is -0.127. The van der Waals surface area contributed by atoms with Gasteiger partial charge >= 0.3 is 0 Å². The van der Waals surface area contributed by atoms with Gasteiger partial charge in [-0.2, -0.15) is 0 Å². The Morgan fingerprint density at radius 2 is 2.20 bits per heavy atom. The molecule has 1 aliphatic rings. The average Bonchev–Trinajstić information content (AvgIpc) is 2.48. The standard InChI is InChI=1S/C16H22FNO2/c1-12(14-3-2-4-15(17)11-14)5-8-18-16(19)13-6-9-20-10-7-13/h2-4,11-13H,5-10H2,1H3,(H,18,19). The number of carbonyl (C=O) groups excluding carboxylic acids is 1. The molecule has 0 aliphatic carbocycles. The third kappa shape index (κ3) is 4.30. The Balaban J connectivity index is 1.73. The van der Waals surface area contributed by atoms with Crippen molar-refractivity contribution in [1.82, 2.24) is 5.32 Å². The minimum Gasteiger partial charge on any atom is -0.381 e. The summed E-state index contributed by atoms with van der Waals surface area (Å²) in [6.45, 7) is 4.04. The quantitative estimate of drug-likeness (QED) is 0.900. The highest BCUT2D eigenvalue weighted by Crippen LogP contribution is 2.19. The molecule has 4 heteroatoms. The van der Waals surface area contributed by atoms with Crippen LogP contribution in [0.25, 0.3) is 0 Å². The van der Waals surface area contributed by atoms with Crippen molar-refractivity contribution in [2.75, 3.05) is 19.8 Å². The number of hydrogen-bond acceptors (Lipinski definition) is 2. The topological polar surface area (TPSA) is 38.3 Å². The van der Waals surface area contributed by atoms with Gasteiger partial charge in [0.2, 0.25) is 5.91 Å². The van der Waals surface area contributed by atoms with Crippen molar-refractivity contribution in [3.63, 3.8) is 0 Å². The first-order chi connectivity index (χ1) is 9.66. The fourth-order valence-electron chi connectivity index (χ4n) is 2.50. The van der Waals surface area contributed by atoms with Crippen molar-refractivity contribution in [3.8, 4) is 0 Å². The summed E-state index contributed by atoms with van der Waals surface area (Å²) in [4.78, 5) is 11.9. The Morgan fingerprint density at radius 3 is 2.90 bits per heavy atom. The van der Waals surface area contributed by atoms with Crippen molar-refractivity contribution < 1.29 is 13.9 Å². The zero-order chi connectivity index (χ0) is 14.4. The second-order valence-corrected chi connectivity index (χ2v) is 5.42. The van der Waals surface area contributed by atoms with Crippen LogP contribution >= 0.6 is 0 Å². The van der Waals surface area contributed by atoms with Crippen molar-refractivity contribution >= 4 is 5.91 Å². The largest absolute Gasteiger partial charge is 0.381 e. The van der Waals surface area contributed by atoms with Gasteiger partial charge in [-0.05, 0) is 42.9 Å². The van der Waals surface area contributed by atoms with Crippen LogP contribution in [0, 0.1) is 11.7 Å². The number of hydrogen-bond donors (Lipinski definition) is 1. The number of ether oxygens (including phenoxy) is 1. The first-order valence-corrected chi connectivity index (χ1v) is 7.27. The van der Waals surface area contributed by atoms with Gasteiger partial charge in [-0.25, -0.2) is 4.39 Å². The van der Waals surface area contributed by atoms with Gasteiger partial charge in [-0.3, -0.25) is 4.79 Å². The van der Waals surface area contributed by atoms with E-state index in [1.807, 2.05) is 6.07 Å². The van der Waals surface area contributed by atoms with Crippen molar-refractivity contribution in [2.24, 2.45) is 5.92 Å². The molecule has 110 valence electrons. The molecule has 1 atom stereocenters. The Morgan fingerprint density at radius 1 is 1.45 bits per heavy atom. The molecule has 1 fully saturated rings. The highest BCUT2D eigenvalue weighted by Gasteiger charge is 2.21. The van der Waals surface area contributed by atoms with Gasteiger partial charge in [-0.1, -0.05) is 19.1 Å². The molecule has 1 heterocycles. The second kappa shape index (κ2) is 7.39. The lowest BCUT2D eigenvalue weighted by atomic mass is 9.97. The minimum atomic E-state index is -0.208. The van der Waals surface area contributed by atoms with Gasteiger partial charge in [0.1, 0.15) is 5.82 Å². The molecule has 0 saturated carbocycles. The van der Waals surface area contributed by atoms with Gasteiger partial charge in [0.15, 0.2) is 0 Å². The van der Waals surface area contributed by atoms with Crippen LogP contribution in [0.2, 0.25) is 0 Å². The van der Waals surface area contributed by atoms with Crippen LogP contribution in [0.5, 0.6) is 0 Å². The molecule has 0 aromatic heterocycles. The van der Waals surface area contributed by atoms with Crippen molar-refractivity contribution in [3.05, 3.63) is 35.6 Å². The van der Waals surface area contributed by atoms with Gasteiger partial charge in [0.25, 0.3) is 0 Å². The lowest BCUT2D eigenvalue weighted by Crippen LogP contribution is -2.35. The van der Waals surface area contributed by atoms with E-state index in [0.717, 1.165) is 24.8 Å². The van der Waals surface area contributed by atoms with E-state index in [-0.39, 0.29) is 23.6 Å². The number of amides is 1. The maximum atomic E-state index is 13.1. The van der Waals surface area contributed by atoms with Gasteiger partial charge in [-0.15, -0.1) is 0 Å². The van der Waals surface area contributed by atoms with Crippen LogP contribution in [0.3, 0.4) is 0 Å². The number of rotatable bonds is 5. The molecule has 1 saturated heterocycles. The van der Waals surface area contributed by atoms with Crippen molar-refractivity contribution in [1.29, 1.82) is 0 Å². The van der Waals surface area contributed by atoms with E-state index in [9.17, 15) is 9.18 Å². The van der Waals surface area contributed by atoms with Gasteiger partial charge in [0, 0.05) is 25.7 Å². The summed E-state index contributed by atoms with van der Waals surface area (Å²) < 4.78 is 18.4. The highest BCUT2D eigenvalue weighted by atomic mass is 19.1.